The summed E-state index contributed by atoms with van der Waals surface area (Å²) in [5, 5.41) is 3.08. The summed E-state index contributed by atoms with van der Waals surface area (Å²) in [5.41, 5.74) is 0.812. The Bertz CT molecular complexity index is 609. The number of amides is 2. The van der Waals surface area contributed by atoms with Crippen LogP contribution in [0.15, 0.2) is 36.4 Å². The summed E-state index contributed by atoms with van der Waals surface area (Å²) in [6.45, 7) is 0.444. The van der Waals surface area contributed by atoms with Crippen LogP contribution in [0.1, 0.15) is 25.7 Å². The number of anilines is 1. The molecule has 0 saturated carbocycles. The number of carbonyl (C=O) groups is 2. The van der Waals surface area contributed by atoms with Gasteiger partial charge >= 0.3 is 0 Å². The molecule has 1 N–H and O–H groups in total. The standard InChI is InChI=1S/C18H22N2O3/c1-23-16-9-7-15(8-10-16)20-12-13(11-17(20)21)18(22)19-14-5-3-2-4-6-14/h2-3,7-10,13-14H,4-6,11-12H2,1H3,(H,19,22). The number of methoxy groups -OCH3 is 1. The molecular weight excluding hydrogens is 292 g/mol. The molecule has 1 aliphatic carbocycles. The normalized spacial score (nSPS) is 23.9. The van der Waals surface area contributed by atoms with E-state index >= 15 is 0 Å². The molecule has 2 atom stereocenters. The molecule has 0 spiro atoms. The Balaban J connectivity index is 1.61. The van der Waals surface area contributed by atoms with Crippen LogP contribution < -0.4 is 15.0 Å². The smallest absolute Gasteiger partial charge is 0.227 e. The van der Waals surface area contributed by atoms with Crippen molar-refractivity contribution in [1.82, 2.24) is 5.32 Å². The molecule has 1 saturated heterocycles. The number of allylic oxidation sites excluding steroid dienone is 1. The van der Waals surface area contributed by atoms with Crippen molar-refractivity contribution in [1.29, 1.82) is 0 Å². The van der Waals surface area contributed by atoms with E-state index in [9.17, 15) is 9.59 Å². The number of carbonyl (C=O) groups excluding carboxylic acids is 2. The first-order valence-corrected chi connectivity index (χ1v) is 8.07. The summed E-state index contributed by atoms with van der Waals surface area (Å²) in [4.78, 5) is 26.3. The predicted octanol–water partition coefficient (Wildman–Crippen LogP) is 2.27. The Morgan fingerprint density at radius 2 is 2.04 bits per heavy atom. The fourth-order valence-corrected chi connectivity index (χ4v) is 3.14. The number of nitrogens with zero attached hydrogens (tertiary/aromatic N) is 1. The highest BCUT2D eigenvalue weighted by molar-refractivity contribution is 6.00. The average molecular weight is 314 g/mol. The number of nitrogens with one attached hydrogen (secondary N) is 1. The van der Waals surface area contributed by atoms with E-state index in [-0.39, 0.29) is 30.2 Å². The second-order valence-corrected chi connectivity index (χ2v) is 6.09. The van der Waals surface area contributed by atoms with Gasteiger partial charge in [-0.25, -0.2) is 0 Å². The predicted molar refractivity (Wildman–Crippen MR) is 88.4 cm³/mol. The molecule has 122 valence electrons. The van der Waals surface area contributed by atoms with E-state index in [1.807, 2.05) is 24.3 Å². The van der Waals surface area contributed by atoms with Gasteiger partial charge < -0.3 is 15.0 Å². The lowest BCUT2D eigenvalue weighted by Crippen LogP contribution is -2.40. The molecule has 2 unspecified atom stereocenters. The van der Waals surface area contributed by atoms with Crippen LogP contribution in [-0.2, 0) is 9.59 Å². The van der Waals surface area contributed by atoms with Crippen LogP contribution in [0.4, 0.5) is 5.69 Å². The third kappa shape index (κ3) is 3.55. The Morgan fingerprint density at radius 1 is 1.26 bits per heavy atom. The van der Waals surface area contributed by atoms with E-state index in [2.05, 4.69) is 17.5 Å². The van der Waals surface area contributed by atoms with Crippen molar-refractivity contribution in [3.05, 3.63) is 36.4 Å². The summed E-state index contributed by atoms with van der Waals surface area (Å²) in [5.74, 6) is 0.476. The van der Waals surface area contributed by atoms with Crippen LogP contribution in [-0.4, -0.2) is 31.5 Å². The third-order valence-corrected chi connectivity index (χ3v) is 4.50. The summed E-state index contributed by atoms with van der Waals surface area (Å²) in [6, 6.07) is 7.55. The first kappa shape index (κ1) is 15.6. The summed E-state index contributed by atoms with van der Waals surface area (Å²) in [6.07, 6.45) is 7.40. The summed E-state index contributed by atoms with van der Waals surface area (Å²) < 4.78 is 5.13. The van der Waals surface area contributed by atoms with Gasteiger partial charge in [-0.05, 0) is 43.5 Å². The van der Waals surface area contributed by atoms with Gasteiger partial charge in [0.2, 0.25) is 11.8 Å². The van der Waals surface area contributed by atoms with Crippen molar-refractivity contribution in [3.8, 4) is 5.75 Å². The molecule has 1 heterocycles. The van der Waals surface area contributed by atoms with E-state index in [0.717, 1.165) is 30.7 Å². The van der Waals surface area contributed by atoms with Gasteiger partial charge in [0.15, 0.2) is 0 Å². The maximum Gasteiger partial charge on any atom is 0.227 e. The van der Waals surface area contributed by atoms with Gasteiger partial charge in [-0.1, -0.05) is 12.2 Å². The Morgan fingerprint density at radius 3 is 2.70 bits per heavy atom. The molecule has 0 radical (unpaired) electrons. The van der Waals surface area contributed by atoms with Gasteiger partial charge in [0.25, 0.3) is 0 Å². The molecule has 1 aromatic carbocycles. The van der Waals surface area contributed by atoms with E-state index in [4.69, 9.17) is 4.74 Å². The average Bonchev–Trinajstić information content (AvgIpc) is 2.98. The monoisotopic (exact) mass is 314 g/mol. The highest BCUT2D eigenvalue weighted by atomic mass is 16.5. The maximum atomic E-state index is 12.4. The number of rotatable bonds is 4. The molecule has 0 bridgehead atoms. The minimum Gasteiger partial charge on any atom is -0.497 e. The minimum absolute atomic E-state index is 0.00106. The molecule has 23 heavy (non-hydrogen) atoms. The Hall–Kier alpha value is -2.30. The van der Waals surface area contributed by atoms with Crippen molar-refractivity contribution in [2.45, 2.75) is 31.7 Å². The molecule has 1 aromatic rings. The van der Waals surface area contributed by atoms with Crippen LogP contribution in [0.5, 0.6) is 5.75 Å². The van der Waals surface area contributed by atoms with E-state index < -0.39 is 0 Å². The molecule has 2 aliphatic rings. The SMILES string of the molecule is COc1ccc(N2CC(C(=O)NC3CC=CCC3)CC2=O)cc1. The second-order valence-electron chi connectivity index (χ2n) is 6.09. The number of benzene rings is 1. The zero-order valence-corrected chi connectivity index (χ0v) is 13.3. The molecule has 2 amide bonds. The highest BCUT2D eigenvalue weighted by Crippen LogP contribution is 2.27. The van der Waals surface area contributed by atoms with Gasteiger partial charge in [0.05, 0.1) is 13.0 Å². The van der Waals surface area contributed by atoms with Gasteiger partial charge in [0.1, 0.15) is 5.75 Å². The second kappa shape index (κ2) is 6.86. The van der Waals surface area contributed by atoms with Gasteiger partial charge in [0, 0.05) is 24.7 Å². The van der Waals surface area contributed by atoms with Crippen LogP contribution >= 0.6 is 0 Å². The van der Waals surface area contributed by atoms with Crippen molar-refractivity contribution < 1.29 is 14.3 Å². The van der Waals surface area contributed by atoms with E-state index in [1.54, 1.807) is 12.0 Å². The van der Waals surface area contributed by atoms with Crippen molar-refractivity contribution in [2.24, 2.45) is 5.92 Å². The molecule has 0 aromatic heterocycles. The summed E-state index contributed by atoms with van der Waals surface area (Å²) >= 11 is 0. The molecule has 1 fully saturated rings. The lowest BCUT2D eigenvalue weighted by Gasteiger charge is -2.21. The number of hydrogen-bond acceptors (Lipinski definition) is 3. The lowest BCUT2D eigenvalue weighted by atomic mass is 10.0. The zero-order chi connectivity index (χ0) is 16.2. The quantitative estimate of drug-likeness (QED) is 0.867. The first-order valence-electron chi connectivity index (χ1n) is 8.07. The van der Waals surface area contributed by atoms with Gasteiger partial charge in [-0.2, -0.15) is 0 Å². The van der Waals surface area contributed by atoms with Crippen molar-refractivity contribution in [2.75, 3.05) is 18.6 Å². The van der Waals surface area contributed by atoms with Gasteiger partial charge in [-0.15, -0.1) is 0 Å². The van der Waals surface area contributed by atoms with Crippen LogP contribution in [0.3, 0.4) is 0 Å². The third-order valence-electron chi connectivity index (χ3n) is 4.50. The topological polar surface area (TPSA) is 58.6 Å². The molecular formula is C18H22N2O3. The lowest BCUT2D eigenvalue weighted by molar-refractivity contribution is -0.127. The molecule has 5 nitrogen and oxygen atoms in total. The Labute approximate surface area is 136 Å². The number of hydrogen-bond donors (Lipinski definition) is 1. The summed E-state index contributed by atoms with van der Waals surface area (Å²) in [7, 11) is 1.61. The van der Waals surface area contributed by atoms with Gasteiger partial charge in [-0.3, -0.25) is 9.59 Å². The van der Waals surface area contributed by atoms with Crippen molar-refractivity contribution >= 4 is 17.5 Å². The largest absolute Gasteiger partial charge is 0.497 e. The fourth-order valence-electron chi connectivity index (χ4n) is 3.14. The highest BCUT2D eigenvalue weighted by Gasteiger charge is 2.35. The van der Waals surface area contributed by atoms with Crippen LogP contribution in [0, 0.1) is 5.92 Å². The molecule has 3 rings (SSSR count). The molecule has 1 aliphatic heterocycles. The van der Waals surface area contributed by atoms with E-state index in [1.165, 1.54) is 0 Å². The number of ether oxygens (including phenoxy) is 1. The Kier molecular flexibility index (Phi) is 4.65. The van der Waals surface area contributed by atoms with Crippen LogP contribution in [0.2, 0.25) is 0 Å². The first-order chi connectivity index (χ1) is 11.2. The minimum atomic E-state index is -0.268. The van der Waals surface area contributed by atoms with E-state index in [0.29, 0.717) is 6.54 Å². The molecule has 5 heteroatoms. The van der Waals surface area contributed by atoms with Crippen molar-refractivity contribution in [3.63, 3.8) is 0 Å². The zero-order valence-electron chi connectivity index (χ0n) is 13.3. The maximum absolute atomic E-state index is 12.4. The fraction of sp³-hybridized carbons (Fsp3) is 0.444. The van der Waals surface area contributed by atoms with Crippen LogP contribution in [0.25, 0.3) is 0 Å².